The Morgan fingerprint density at radius 2 is 1.48 bits per heavy atom. The number of ether oxygens (including phenoxy) is 1. The average Bonchev–Trinajstić information content (AvgIpc) is 2.61. The van der Waals surface area contributed by atoms with E-state index in [1.165, 1.54) is 0 Å². The van der Waals surface area contributed by atoms with Gasteiger partial charge < -0.3 is 15.4 Å². The molecule has 0 aliphatic carbocycles. The Hall–Kier alpha value is -2.93. The zero-order valence-electron chi connectivity index (χ0n) is 13.4. The number of aromatic nitrogens is 2. The summed E-state index contributed by atoms with van der Waals surface area (Å²) >= 11 is 3.35. The van der Waals surface area contributed by atoms with Gasteiger partial charge in [-0.15, -0.1) is 5.10 Å². The van der Waals surface area contributed by atoms with Gasteiger partial charge in [0.2, 0.25) is 5.88 Å². The van der Waals surface area contributed by atoms with E-state index in [4.69, 9.17) is 4.74 Å². The van der Waals surface area contributed by atoms with Gasteiger partial charge in [0.1, 0.15) is 5.75 Å². The first-order valence-corrected chi connectivity index (χ1v) is 8.29. The molecular weight excluding hydrogens is 384 g/mol. The monoisotopic (exact) mass is 398 g/mol. The number of aryl methyl sites for hydroxylation is 1. The van der Waals surface area contributed by atoms with E-state index in [1.807, 2.05) is 37.3 Å². The first-order valence-electron chi connectivity index (χ1n) is 7.50. The average molecular weight is 399 g/mol. The number of nitrogens with one attached hydrogen (secondary N) is 2. The predicted molar refractivity (Wildman–Crippen MR) is 100 cm³/mol. The summed E-state index contributed by atoms with van der Waals surface area (Å²) in [5.74, 6) is 1.02. The van der Waals surface area contributed by atoms with E-state index in [0.29, 0.717) is 23.0 Å². The summed E-state index contributed by atoms with van der Waals surface area (Å²) < 4.78 is 6.54. The molecule has 0 radical (unpaired) electrons. The second kappa shape index (κ2) is 7.76. The molecule has 0 aliphatic heterocycles. The van der Waals surface area contributed by atoms with E-state index in [-0.39, 0.29) is 6.03 Å². The molecule has 1 aromatic heterocycles. The molecule has 7 heteroatoms. The van der Waals surface area contributed by atoms with Crippen LogP contribution in [0.1, 0.15) is 5.69 Å². The highest BCUT2D eigenvalue weighted by molar-refractivity contribution is 9.10. The number of halogens is 1. The van der Waals surface area contributed by atoms with Gasteiger partial charge in [-0.1, -0.05) is 15.9 Å². The second-order valence-electron chi connectivity index (χ2n) is 5.23. The molecule has 0 bridgehead atoms. The van der Waals surface area contributed by atoms with Crippen LogP contribution in [-0.4, -0.2) is 16.2 Å². The number of rotatable bonds is 4. The molecule has 6 nitrogen and oxygen atoms in total. The summed E-state index contributed by atoms with van der Waals surface area (Å²) in [5.41, 5.74) is 2.18. The molecule has 3 aromatic rings. The minimum absolute atomic E-state index is 0.319. The first-order chi connectivity index (χ1) is 12.1. The third-order valence-corrected chi connectivity index (χ3v) is 3.74. The van der Waals surface area contributed by atoms with Crippen LogP contribution < -0.4 is 15.4 Å². The summed E-state index contributed by atoms with van der Waals surface area (Å²) in [7, 11) is 0. The van der Waals surface area contributed by atoms with E-state index < -0.39 is 0 Å². The van der Waals surface area contributed by atoms with E-state index in [0.717, 1.165) is 10.2 Å². The minimum atomic E-state index is -0.319. The molecule has 0 saturated carbocycles. The molecule has 0 saturated heterocycles. The summed E-state index contributed by atoms with van der Waals surface area (Å²) in [6.45, 7) is 1.86. The van der Waals surface area contributed by atoms with Crippen molar-refractivity contribution in [1.29, 1.82) is 0 Å². The largest absolute Gasteiger partial charge is 0.438 e. The highest BCUT2D eigenvalue weighted by Crippen LogP contribution is 2.21. The smallest absolute Gasteiger partial charge is 0.323 e. The molecule has 25 heavy (non-hydrogen) atoms. The maximum atomic E-state index is 12.0. The maximum absolute atomic E-state index is 12.0. The number of nitrogens with zero attached hydrogens (tertiary/aromatic N) is 2. The summed E-state index contributed by atoms with van der Waals surface area (Å²) in [5, 5.41) is 13.4. The minimum Gasteiger partial charge on any atom is -0.438 e. The van der Waals surface area contributed by atoms with Gasteiger partial charge in [0.05, 0.1) is 5.69 Å². The van der Waals surface area contributed by atoms with Crippen molar-refractivity contribution in [1.82, 2.24) is 10.2 Å². The zero-order chi connectivity index (χ0) is 17.6. The maximum Gasteiger partial charge on any atom is 0.323 e. The number of amides is 2. The molecule has 2 aromatic carbocycles. The molecule has 0 fully saturated rings. The van der Waals surface area contributed by atoms with Gasteiger partial charge in [0.15, 0.2) is 0 Å². The Kier molecular flexibility index (Phi) is 5.25. The van der Waals surface area contributed by atoms with E-state index in [9.17, 15) is 4.79 Å². The standard InChI is InChI=1S/C18H15BrN4O2/c1-12-2-11-17(23-22-12)25-16-9-7-15(8-10-16)21-18(24)20-14-5-3-13(19)4-6-14/h2-11H,1H3,(H2,20,21,24). The second-order valence-corrected chi connectivity index (χ2v) is 6.14. The van der Waals surface area contributed by atoms with Gasteiger partial charge in [0, 0.05) is 21.9 Å². The number of hydrogen-bond donors (Lipinski definition) is 2. The molecule has 126 valence electrons. The third kappa shape index (κ3) is 5.02. The van der Waals surface area contributed by atoms with Crippen molar-refractivity contribution in [2.24, 2.45) is 0 Å². The fraction of sp³-hybridized carbons (Fsp3) is 0.0556. The number of carbonyl (C=O) groups excluding carboxylic acids is 1. The molecule has 0 unspecified atom stereocenters. The van der Waals surface area contributed by atoms with Crippen molar-refractivity contribution in [3.8, 4) is 11.6 Å². The molecule has 0 atom stereocenters. The fourth-order valence-electron chi connectivity index (χ4n) is 1.99. The molecule has 3 rings (SSSR count). The fourth-order valence-corrected chi connectivity index (χ4v) is 2.26. The van der Waals surface area contributed by atoms with E-state index in [2.05, 4.69) is 36.8 Å². The van der Waals surface area contributed by atoms with Crippen LogP contribution >= 0.6 is 15.9 Å². The lowest BCUT2D eigenvalue weighted by molar-refractivity contribution is 0.262. The van der Waals surface area contributed by atoms with Gasteiger partial charge in [-0.2, -0.15) is 5.10 Å². The summed E-state index contributed by atoms with van der Waals surface area (Å²) in [6, 6.07) is 17.6. The predicted octanol–water partition coefficient (Wildman–Crippen LogP) is 4.98. The van der Waals surface area contributed by atoms with E-state index in [1.54, 1.807) is 30.3 Å². The molecule has 2 amide bonds. The Morgan fingerprint density at radius 1 is 0.880 bits per heavy atom. The molecule has 0 spiro atoms. The van der Waals surface area contributed by atoms with Crippen LogP contribution in [0, 0.1) is 6.92 Å². The van der Waals surface area contributed by atoms with Crippen LogP contribution in [0.2, 0.25) is 0 Å². The lowest BCUT2D eigenvalue weighted by atomic mass is 10.3. The van der Waals surface area contributed by atoms with Crippen LogP contribution in [0.3, 0.4) is 0 Å². The van der Waals surface area contributed by atoms with Crippen LogP contribution in [0.4, 0.5) is 16.2 Å². The number of carbonyl (C=O) groups is 1. The molecule has 1 heterocycles. The van der Waals surface area contributed by atoms with Crippen molar-refractivity contribution in [3.05, 3.63) is 70.8 Å². The Balaban J connectivity index is 1.57. The zero-order valence-corrected chi connectivity index (χ0v) is 14.9. The molecular formula is C18H15BrN4O2. The van der Waals surface area contributed by atoms with Gasteiger partial charge in [-0.05, 0) is 61.5 Å². The van der Waals surface area contributed by atoms with Crippen LogP contribution in [-0.2, 0) is 0 Å². The van der Waals surface area contributed by atoms with Crippen LogP contribution in [0.5, 0.6) is 11.6 Å². The SMILES string of the molecule is Cc1ccc(Oc2ccc(NC(=O)Nc3ccc(Br)cc3)cc2)nn1. The van der Waals surface area contributed by atoms with Crippen molar-refractivity contribution in [2.45, 2.75) is 6.92 Å². The normalized spacial score (nSPS) is 10.2. The summed E-state index contributed by atoms with van der Waals surface area (Å²) in [6.07, 6.45) is 0. The Morgan fingerprint density at radius 3 is 2.04 bits per heavy atom. The lowest BCUT2D eigenvalue weighted by Crippen LogP contribution is -2.19. The van der Waals surface area contributed by atoms with Crippen molar-refractivity contribution < 1.29 is 9.53 Å². The quantitative estimate of drug-likeness (QED) is 0.649. The third-order valence-electron chi connectivity index (χ3n) is 3.21. The van der Waals surface area contributed by atoms with Crippen LogP contribution in [0.25, 0.3) is 0 Å². The number of benzene rings is 2. The molecule has 2 N–H and O–H groups in total. The van der Waals surface area contributed by atoms with Gasteiger partial charge in [-0.25, -0.2) is 4.79 Å². The highest BCUT2D eigenvalue weighted by atomic mass is 79.9. The number of anilines is 2. The first kappa shape index (κ1) is 16.9. The number of hydrogen-bond acceptors (Lipinski definition) is 4. The van der Waals surface area contributed by atoms with Crippen molar-refractivity contribution >= 4 is 33.3 Å². The van der Waals surface area contributed by atoms with Crippen molar-refractivity contribution in [2.75, 3.05) is 10.6 Å². The van der Waals surface area contributed by atoms with Gasteiger partial charge in [-0.3, -0.25) is 0 Å². The highest BCUT2D eigenvalue weighted by Gasteiger charge is 2.04. The van der Waals surface area contributed by atoms with E-state index >= 15 is 0 Å². The Bertz CT molecular complexity index is 850. The van der Waals surface area contributed by atoms with Gasteiger partial charge >= 0.3 is 6.03 Å². The van der Waals surface area contributed by atoms with Crippen molar-refractivity contribution in [3.63, 3.8) is 0 Å². The van der Waals surface area contributed by atoms with Gasteiger partial charge in [0.25, 0.3) is 0 Å². The number of urea groups is 1. The topological polar surface area (TPSA) is 76.1 Å². The summed E-state index contributed by atoms with van der Waals surface area (Å²) in [4.78, 5) is 12.0. The lowest BCUT2D eigenvalue weighted by Gasteiger charge is -2.09. The molecule has 0 aliphatic rings. The van der Waals surface area contributed by atoms with Crippen LogP contribution in [0.15, 0.2) is 65.1 Å². The Labute approximate surface area is 153 Å².